The van der Waals surface area contributed by atoms with E-state index in [2.05, 4.69) is 17.2 Å². The molecule has 1 fully saturated rings. The summed E-state index contributed by atoms with van der Waals surface area (Å²) < 4.78 is 5.34. The van der Waals surface area contributed by atoms with E-state index in [1.54, 1.807) is 7.05 Å². The predicted octanol–water partition coefficient (Wildman–Crippen LogP) is 3.73. The molecule has 0 aromatic carbocycles. The van der Waals surface area contributed by atoms with Crippen molar-refractivity contribution in [2.75, 3.05) is 7.05 Å². The second-order valence-electron chi connectivity index (χ2n) is 7.53. The normalized spacial score (nSPS) is 21.6. The van der Waals surface area contributed by atoms with Gasteiger partial charge in [0.15, 0.2) is 0 Å². The Morgan fingerprint density at radius 3 is 2.48 bits per heavy atom. The summed E-state index contributed by atoms with van der Waals surface area (Å²) in [6, 6.07) is -0.238. The van der Waals surface area contributed by atoms with Gasteiger partial charge in [-0.05, 0) is 59.0 Å². The first-order valence-corrected chi connectivity index (χ1v) is 8.78. The third-order valence-corrected chi connectivity index (χ3v) is 4.12. The van der Waals surface area contributed by atoms with Crippen LogP contribution in [-0.4, -0.2) is 30.7 Å². The molecule has 0 spiro atoms. The van der Waals surface area contributed by atoms with Gasteiger partial charge in [0, 0.05) is 13.0 Å². The number of rotatable bonds is 7. The summed E-state index contributed by atoms with van der Waals surface area (Å²) in [7, 11) is 1.66. The van der Waals surface area contributed by atoms with E-state index >= 15 is 0 Å². The molecule has 1 saturated carbocycles. The Morgan fingerprint density at radius 2 is 1.96 bits per heavy atom. The summed E-state index contributed by atoms with van der Waals surface area (Å²) in [5.74, 6) is 0.406. The lowest BCUT2D eigenvalue weighted by molar-refractivity contribution is -0.122. The molecule has 1 rings (SSSR count). The number of hydrogen-bond donors (Lipinski definition) is 2. The Labute approximate surface area is 151 Å². The van der Waals surface area contributed by atoms with Crippen molar-refractivity contribution in [2.24, 2.45) is 11.8 Å². The maximum Gasteiger partial charge on any atom is 0.408 e. The van der Waals surface area contributed by atoms with Gasteiger partial charge in [-0.1, -0.05) is 30.4 Å². The lowest BCUT2D eigenvalue weighted by atomic mass is 10.0. The monoisotopic (exact) mass is 348 g/mol. The summed E-state index contributed by atoms with van der Waals surface area (Å²) in [6.07, 6.45) is 6.97. The number of carbonyl (C=O) groups is 2. The molecule has 0 unspecified atom stereocenters. The van der Waals surface area contributed by atoms with Crippen LogP contribution in [0.3, 0.4) is 0 Å². The molecule has 25 heavy (non-hydrogen) atoms. The zero-order chi connectivity index (χ0) is 19.2. The highest BCUT2D eigenvalue weighted by Gasteiger charge is 2.43. The third-order valence-electron chi connectivity index (χ3n) is 4.12. The van der Waals surface area contributed by atoms with Crippen molar-refractivity contribution in [2.45, 2.75) is 59.1 Å². The van der Waals surface area contributed by atoms with E-state index in [9.17, 15) is 9.59 Å². The molecule has 0 radical (unpaired) electrons. The van der Waals surface area contributed by atoms with Crippen molar-refractivity contribution in [3.8, 4) is 0 Å². The minimum Gasteiger partial charge on any atom is -0.444 e. The SMILES string of the molecule is C=C(/C=C(\C)[C@H]1C[C@H]1C(=O)NC)[C@H](C/C=C/C)NC(=O)OC(C)(C)C. The van der Waals surface area contributed by atoms with Gasteiger partial charge in [0.25, 0.3) is 0 Å². The fourth-order valence-electron chi connectivity index (χ4n) is 2.70. The highest BCUT2D eigenvalue weighted by atomic mass is 16.6. The second kappa shape index (κ2) is 8.88. The fraction of sp³-hybridized carbons (Fsp3) is 0.600. The second-order valence-corrected chi connectivity index (χ2v) is 7.53. The van der Waals surface area contributed by atoms with Crippen LogP contribution in [0, 0.1) is 11.8 Å². The van der Waals surface area contributed by atoms with Crippen molar-refractivity contribution < 1.29 is 14.3 Å². The maximum absolute atomic E-state index is 12.1. The Hall–Kier alpha value is -2.04. The minimum absolute atomic E-state index is 0.0573. The van der Waals surface area contributed by atoms with E-state index < -0.39 is 11.7 Å². The van der Waals surface area contributed by atoms with Crippen LogP contribution in [0.4, 0.5) is 4.79 Å². The molecular weight excluding hydrogens is 316 g/mol. The molecule has 0 aromatic rings. The van der Waals surface area contributed by atoms with Crippen LogP contribution in [0.2, 0.25) is 0 Å². The topological polar surface area (TPSA) is 67.4 Å². The molecule has 1 aliphatic rings. The molecule has 1 aliphatic carbocycles. The zero-order valence-electron chi connectivity index (χ0n) is 16.3. The molecule has 0 saturated heterocycles. The average molecular weight is 348 g/mol. The molecule has 140 valence electrons. The van der Waals surface area contributed by atoms with Gasteiger partial charge in [-0.3, -0.25) is 4.79 Å². The van der Waals surface area contributed by atoms with Crippen LogP contribution in [0.15, 0.2) is 36.0 Å². The predicted molar refractivity (Wildman–Crippen MR) is 101 cm³/mol. The Balaban J connectivity index is 2.75. The van der Waals surface area contributed by atoms with Crippen LogP contribution in [0.1, 0.15) is 47.5 Å². The molecule has 0 bridgehead atoms. The number of amides is 2. The van der Waals surface area contributed by atoms with Gasteiger partial charge in [0.2, 0.25) is 5.91 Å². The molecule has 2 N–H and O–H groups in total. The maximum atomic E-state index is 12.1. The van der Waals surface area contributed by atoms with Crippen molar-refractivity contribution >= 4 is 12.0 Å². The number of alkyl carbamates (subject to hydrolysis) is 1. The van der Waals surface area contributed by atoms with Gasteiger partial charge in [0.1, 0.15) is 5.60 Å². The lowest BCUT2D eigenvalue weighted by Crippen LogP contribution is -2.39. The van der Waals surface area contributed by atoms with Crippen LogP contribution < -0.4 is 10.6 Å². The van der Waals surface area contributed by atoms with Gasteiger partial charge < -0.3 is 15.4 Å². The summed E-state index contributed by atoms with van der Waals surface area (Å²) in [5.41, 5.74) is 1.39. The zero-order valence-corrected chi connectivity index (χ0v) is 16.3. The number of hydrogen-bond acceptors (Lipinski definition) is 3. The van der Waals surface area contributed by atoms with Crippen molar-refractivity contribution in [1.29, 1.82) is 0 Å². The van der Waals surface area contributed by atoms with E-state index in [4.69, 9.17) is 4.74 Å². The lowest BCUT2D eigenvalue weighted by Gasteiger charge is -2.23. The molecule has 5 heteroatoms. The molecule has 2 amide bonds. The Morgan fingerprint density at radius 1 is 1.32 bits per heavy atom. The standard InChI is InChI=1S/C20H32N2O3/c1-8-9-10-17(22-19(24)25-20(4,5)6)14(3)11-13(2)15-12-16(15)18(23)21-7/h8-9,11,15-17H,3,10,12H2,1-2,4-7H3,(H,21,23)(H,22,24)/b9-8+,13-11+/t15-,16-,17+/m1/s1. The molecule has 0 aromatic heterocycles. The number of carbonyl (C=O) groups excluding carboxylic acids is 2. The third kappa shape index (κ3) is 7.16. The number of ether oxygens (including phenoxy) is 1. The van der Waals surface area contributed by atoms with Crippen LogP contribution in [0.25, 0.3) is 0 Å². The minimum atomic E-state index is -0.545. The van der Waals surface area contributed by atoms with Gasteiger partial charge >= 0.3 is 6.09 Å². The molecular formula is C20H32N2O3. The molecule has 0 aliphatic heterocycles. The largest absolute Gasteiger partial charge is 0.444 e. The van der Waals surface area contributed by atoms with Gasteiger partial charge in [0.05, 0.1) is 6.04 Å². The van der Waals surface area contributed by atoms with Crippen LogP contribution >= 0.6 is 0 Å². The van der Waals surface area contributed by atoms with E-state index in [1.165, 1.54) is 0 Å². The first kappa shape index (κ1) is 21.0. The highest BCUT2D eigenvalue weighted by Crippen LogP contribution is 2.44. The quantitative estimate of drug-likeness (QED) is 0.544. The van der Waals surface area contributed by atoms with Gasteiger partial charge in [-0.25, -0.2) is 4.79 Å². The highest BCUT2D eigenvalue weighted by molar-refractivity contribution is 5.82. The fourth-order valence-corrected chi connectivity index (χ4v) is 2.70. The van der Waals surface area contributed by atoms with Crippen LogP contribution in [0.5, 0.6) is 0 Å². The van der Waals surface area contributed by atoms with Crippen molar-refractivity contribution in [3.05, 3.63) is 36.0 Å². The summed E-state index contributed by atoms with van der Waals surface area (Å²) in [6.45, 7) is 13.6. The summed E-state index contributed by atoms with van der Waals surface area (Å²) >= 11 is 0. The van der Waals surface area contributed by atoms with Crippen molar-refractivity contribution in [3.63, 3.8) is 0 Å². The summed E-state index contributed by atoms with van der Waals surface area (Å²) in [5, 5.41) is 5.57. The number of nitrogens with one attached hydrogen (secondary N) is 2. The average Bonchev–Trinajstić information content (AvgIpc) is 3.29. The number of allylic oxidation sites excluding steroid dienone is 2. The van der Waals surface area contributed by atoms with Crippen LogP contribution in [-0.2, 0) is 9.53 Å². The molecule has 0 heterocycles. The Bertz CT molecular complexity index is 570. The first-order chi connectivity index (χ1) is 11.6. The summed E-state index contributed by atoms with van der Waals surface area (Å²) in [4.78, 5) is 23.8. The van der Waals surface area contributed by atoms with E-state index in [1.807, 2.05) is 52.8 Å². The first-order valence-electron chi connectivity index (χ1n) is 8.78. The molecule has 3 atom stereocenters. The van der Waals surface area contributed by atoms with Gasteiger partial charge in [-0.2, -0.15) is 0 Å². The Kier molecular flexibility index (Phi) is 7.46. The molecule has 5 nitrogen and oxygen atoms in total. The van der Waals surface area contributed by atoms with Gasteiger partial charge in [-0.15, -0.1) is 0 Å². The van der Waals surface area contributed by atoms with E-state index in [0.717, 1.165) is 17.6 Å². The smallest absolute Gasteiger partial charge is 0.408 e. The van der Waals surface area contributed by atoms with E-state index in [0.29, 0.717) is 6.42 Å². The van der Waals surface area contributed by atoms with Crippen molar-refractivity contribution in [1.82, 2.24) is 10.6 Å². The van der Waals surface area contributed by atoms with E-state index in [-0.39, 0.29) is 23.8 Å².